The van der Waals surface area contributed by atoms with Gasteiger partial charge in [0.2, 0.25) is 0 Å². The molecule has 2 rings (SSSR count). The molecule has 0 fully saturated rings. The van der Waals surface area contributed by atoms with Crippen LogP contribution in [0.1, 0.15) is 21.5 Å². The SMILES string of the molecule is Cc1ccccc1CN(C)c1ccc(C(=O)O)c(F)c1F. The van der Waals surface area contributed by atoms with Gasteiger partial charge in [-0.25, -0.2) is 13.6 Å². The summed E-state index contributed by atoms with van der Waals surface area (Å²) in [5, 5.41) is 8.77. The van der Waals surface area contributed by atoms with E-state index >= 15 is 0 Å². The van der Waals surface area contributed by atoms with Gasteiger partial charge in [0.05, 0.1) is 11.3 Å². The fraction of sp³-hybridized carbons (Fsp3) is 0.188. The second kappa shape index (κ2) is 5.91. The fourth-order valence-electron chi connectivity index (χ4n) is 2.13. The van der Waals surface area contributed by atoms with Crippen LogP contribution in [0.5, 0.6) is 0 Å². The van der Waals surface area contributed by atoms with Gasteiger partial charge in [-0.2, -0.15) is 0 Å². The van der Waals surface area contributed by atoms with Crippen molar-refractivity contribution >= 4 is 11.7 Å². The molecule has 3 nitrogen and oxygen atoms in total. The summed E-state index contributed by atoms with van der Waals surface area (Å²) in [5.74, 6) is -3.97. The molecule has 0 amide bonds. The first-order chi connectivity index (χ1) is 9.91. The fourth-order valence-corrected chi connectivity index (χ4v) is 2.13. The molecule has 0 heterocycles. The van der Waals surface area contributed by atoms with Gasteiger partial charge in [0.25, 0.3) is 0 Å². The van der Waals surface area contributed by atoms with Crippen molar-refractivity contribution in [2.45, 2.75) is 13.5 Å². The molecule has 0 spiro atoms. The topological polar surface area (TPSA) is 40.5 Å². The Bertz CT molecular complexity index is 686. The summed E-state index contributed by atoms with van der Waals surface area (Å²) in [4.78, 5) is 12.3. The van der Waals surface area contributed by atoms with Crippen molar-refractivity contribution in [2.75, 3.05) is 11.9 Å². The molecule has 2 aromatic rings. The van der Waals surface area contributed by atoms with Crippen LogP contribution in [0.4, 0.5) is 14.5 Å². The molecule has 0 saturated carbocycles. The zero-order valence-electron chi connectivity index (χ0n) is 11.7. The second-order valence-corrected chi connectivity index (χ2v) is 4.85. The van der Waals surface area contributed by atoms with Gasteiger partial charge in [0.1, 0.15) is 0 Å². The van der Waals surface area contributed by atoms with E-state index in [1.54, 1.807) is 11.9 Å². The van der Waals surface area contributed by atoms with Crippen molar-refractivity contribution in [3.05, 3.63) is 64.7 Å². The maximum Gasteiger partial charge on any atom is 0.338 e. The smallest absolute Gasteiger partial charge is 0.338 e. The standard InChI is InChI=1S/C16H15F2NO2/c1-10-5-3-4-6-11(10)9-19(2)13-8-7-12(16(20)21)14(17)15(13)18/h3-8H,9H2,1-2H3,(H,20,21). The number of carboxylic acid groups (broad SMARTS) is 1. The third-order valence-corrected chi connectivity index (χ3v) is 3.37. The molecule has 21 heavy (non-hydrogen) atoms. The predicted octanol–water partition coefficient (Wildman–Crippen LogP) is 3.61. The molecule has 5 heteroatoms. The van der Waals surface area contributed by atoms with Crippen LogP contribution < -0.4 is 4.90 Å². The number of nitrogens with zero attached hydrogens (tertiary/aromatic N) is 1. The van der Waals surface area contributed by atoms with Gasteiger partial charge >= 0.3 is 5.97 Å². The van der Waals surface area contributed by atoms with Crippen molar-refractivity contribution < 1.29 is 18.7 Å². The molecule has 0 unspecified atom stereocenters. The van der Waals surface area contributed by atoms with Crippen LogP contribution in [0.15, 0.2) is 36.4 Å². The molecule has 0 saturated heterocycles. The number of hydrogen-bond acceptors (Lipinski definition) is 2. The third kappa shape index (κ3) is 3.02. The van der Waals surface area contributed by atoms with Gasteiger partial charge in [-0.05, 0) is 30.2 Å². The minimum Gasteiger partial charge on any atom is -0.478 e. The van der Waals surface area contributed by atoms with Crippen molar-refractivity contribution in [3.8, 4) is 0 Å². The Labute approximate surface area is 121 Å². The molecule has 1 N–H and O–H groups in total. The summed E-state index contributed by atoms with van der Waals surface area (Å²) in [6.45, 7) is 2.34. The first kappa shape index (κ1) is 15.0. The zero-order chi connectivity index (χ0) is 15.6. The highest BCUT2D eigenvalue weighted by Crippen LogP contribution is 2.25. The van der Waals surface area contributed by atoms with E-state index < -0.39 is 23.2 Å². The van der Waals surface area contributed by atoms with Gasteiger partial charge in [0, 0.05) is 13.6 Å². The zero-order valence-corrected chi connectivity index (χ0v) is 11.7. The Kier molecular flexibility index (Phi) is 4.21. The molecular formula is C16H15F2NO2. The predicted molar refractivity (Wildman–Crippen MR) is 76.6 cm³/mol. The molecule has 0 aliphatic heterocycles. The highest BCUT2D eigenvalue weighted by atomic mass is 19.2. The third-order valence-electron chi connectivity index (χ3n) is 3.37. The average Bonchev–Trinajstić information content (AvgIpc) is 2.43. The summed E-state index contributed by atoms with van der Waals surface area (Å²) >= 11 is 0. The number of aryl methyl sites for hydroxylation is 1. The second-order valence-electron chi connectivity index (χ2n) is 4.85. The van der Waals surface area contributed by atoms with E-state index in [2.05, 4.69) is 0 Å². The Morgan fingerprint density at radius 1 is 1.14 bits per heavy atom. The Morgan fingerprint density at radius 2 is 1.81 bits per heavy atom. The lowest BCUT2D eigenvalue weighted by atomic mass is 10.1. The molecule has 2 aromatic carbocycles. The molecular weight excluding hydrogens is 276 g/mol. The summed E-state index contributed by atoms with van der Waals surface area (Å²) in [6.07, 6.45) is 0. The summed E-state index contributed by atoms with van der Waals surface area (Å²) in [5.41, 5.74) is 1.40. The quantitative estimate of drug-likeness (QED) is 0.935. The first-order valence-electron chi connectivity index (χ1n) is 6.38. The highest BCUT2D eigenvalue weighted by Gasteiger charge is 2.20. The largest absolute Gasteiger partial charge is 0.478 e. The Morgan fingerprint density at radius 3 is 2.43 bits per heavy atom. The van der Waals surface area contributed by atoms with Gasteiger partial charge in [-0.3, -0.25) is 0 Å². The van der Waals surface area contributed by atoms with Crippen molar-refractivity contribution in [3.63, 3.8) is 0 Å². The lowest BCUT2D eigenvalue weighted by Crippen LogP contribution is -2.19. The minimum absolute atomic E-state index is 0.0285. The number of rotatable bonds is 4. The minimum atomic E-state index is -1.49. The van der Waals surface area contributed by atoms with Crippen molar-refractivity contribution in [1.29, 1.82) is 0 Å². The molecule has 0 aliphatic carbocycles. The maximum atomic E-state index is 14.0. The molecule has 0 aromatic heterocycles. The highest BCUT2D eigenvalue weighted by molar-refractivity contribution is 5.88. The van der Waals surface area contributed by atoms with Crippen LogP contribution in [-0.4, -0.2) is 18.1 Å². The van der Waals surface area contributed by atoms with Crippen molar-refractivity contribution in [1.82, 2.24) is 0 Å². The Balaban J connectivity index is 2.32. The molecule has 110 valence electrons. The number of aromatic carboxylic acids is 1. The normalized spacial score (nSPS) is 10.5. The van der Waals surface area contributed by atoms with Crippen LogP contribution >= 0.6 is 0 Å². The van der Waals surface area contributed by atoms with Crippen LogP contribution in [0.2, 0.25) is 0 Å². The molecule has 0 aliphatic rings. The van der Waals surface area contributed by atoms with Crippen LogP contribution in [0, 0.1) is 18.6 Å². The molecule has 0 atom stereocenters. The van der Waals surface area contributed by atoms with Crippen LogP contribution in [0.25, 0.3) is 0 Å². The monoisotopic (exact) mass is 291 g/mol. The number of halogens is 2. The van der Waals surface area contributed by atoms with Crippen LogP contribution in [-0.2, 0) is 6.54 Å². The summed E-state index contributed by atoms with van der Waals surface area (Å²) in [7, 11) is 1.63. The number of hydrogen-bond donors (Lipinski definition) is 1. The van der Waals surface area contributed by atoms with Gasteiger partial charge < -0.3 is 10.0 Å². The van der Waals surface area contributed by atoms with E-state index in [0.717, 1.165) is 17.2 Å². The summed E-state index contributed by atoms with van der Waals surface area (Å²) < 4.78 is 27.7. The lowest BCUT2D eigenvalue weighted by Gasteiger charge is -2.21. The van der Waals surface area contributed by atoms with Crippen LogP contribution in [0.3, 0.4) is 0 Å². The molecule has 0 bridgehead atoms. The lowest BCUT2D eigenvalue weighted by molar-refractivity contribution is 0.0690. The maximum absolute atomic E-state index is 14.0. The van der Waals surface area contributed by atoms with Gasteiger partial charge in [0.15, 0.2) is 11.6 Å². The number of carboxylic acids is 1. The molecule has 0 radical (unpaired) electrons. The first-order valence-corrected chi connectivity index (χ1v) is 6.38. The van der Waals surface area contributed by atoms with E-state index in [1.807, 2.05) is 31.2 Å². The number of carbonyl (C=O) groups is 1. The van der Waals surface area contributed by atoms with E-state index in [-0.39, 0.29) is 5.69 Å². The van der Waals surface area contributed by atoms with E-state index in [4.69, 9.17) is 5.11 Å². The van der Waals surface area contributed by atoms with E-state index in [9.17, 15) is 13.6 Å². The average molecular weight is 291 g/mol. The van der Waals surface area contributed by atoms with E-state index in [0.29, 0.717) is 6.54 Å². The van der Waals surface area contributed by atoms with Gasteiger partial charge in [-0.15, -0.1) is 0 Å². The van der Waals surface area contributed by atoms with Crippen molar-refractivity contribution in [2.24, 2.45) is 0 Å². The van der Waals surface area contributed by atoms with E-state index in [1.165, 1.54) is 6.07 Å². The number of anilines is 1. The number of benzene rings is 2. The summed E-state index contributed by atoms with van der Waals surface area (Å²) in [6, 6.07) is 9.98. The van der Waals surface area contributed by atoms with Gasteiger partial charge in [-0.1, -0.05) is 24.3 Å². The Hall–Kier alpha value is -2.43.